The number of carbonyl (C=O) groups is 1. The highest BCUT2D eigenvalue weighted by molar-refractivity contribution is 5.83. The lowest BCUT2D eigenvalue weighted by Crippen LogP contribution is -2.12. The van der Waals surface area contributed by atoms with Crippen LogP contribution in [0.15, 0.2) is 18.2 Å². The molecule has 1 unspecified atom stereocenters. The summed E-state index contributed by atoms with van der Waals surface area (Å²) >= 11 is 0. The van der Waals surface area contributed by atoms with Crippen molar-refractivity contribution in [1.82, 2.24) is 0 Å². The highest BCUT2D eigenvalue weighted by Gasteiger charge is 2.27. The van der Waals surface area contributed by atoms with Crippen molar-refractivity contribution >= 4 is 17.3 Å². The summed E-state index contributed by atoms with van der Waals surface area (Å²) in [6, 6.07) is 5.25. The van der Waals surface area contributed by atoms with Crippen LogP contribution in [0.25, 0.3) is 0 Å². The van der Waals surface area contributed by atoms with E-state index in [-0.39, 0.29) is 0 Å². The molecule has 0 aromatic heterocycles. The molecule has 2 rings (SSSR count). The van der Waals surface area contributed by atoms with Gasteiger partial charge in [-0.3, -0.25) is 4.79 Å². The first kappa shape index (κ1) is 7.91. The Morgan fingerprint density at radius 1 is 1.62 bits per heavy atom. The van der Waals surface area contributed by atoms with Crippen molar-refractivity contribution < 1.29 is 9.90 Å². The smallest absolute Gasteiger partial charge is 0.312 e. The van der Waals surface area contributed by atoms with E-state index < -0.39 is 11.9 Å². The second-order valence-corrected chi connectivity index (χ2v) is 3.12. The van der Waals surface area contributed by atoms with Gasteiger partial charge in [0.2, 0.25) is 0 Å². The van der Waals surface area contributed by atoms with Crippen molar-refractivity contribution in [2.75, 3.05) is 17.6 Å². The van der Waals surface area contributed by atoms with E-state index in [9.17, 15) is 4.79 Å². The Bertz CT molecular complexity index is 363. The first-order chi connectivity index (χ1) is 6.18. The van der Waals surface area contributed by atoms with E-state index in [4.69, 9.17) is 10.8 Å². The van der Waals surface area contributed by atoms with Crippen LogP contribution < -0.4 is 11.1 Å². The first-order valence-electron chi connectivity index (χ1n) is 4.04. The summed E-state index contributed by atoms with van der Waals surface area (Å²) < 4.78 is 0. The van der Waals surface area contributed by atoms with E-state index in [0.717, 1.165) is 11.3 Å². The van der Waals surface area contributed by atoms with Gasteiger partial charge in [-0.05, 0) is 17.7 Å². The van der Waals surface area contributed by atoms with E-state index in [2.05, 4.69) is 5.32 Å². The first-order valence-corrected chi connectivity index (χ1v) is 4.04. The number of anilines is 2. The maximum atomic E-state index is 10.8. The predicted molar refractivity (Wildman–Crippen MR) is 49.7 cm³/mol. The predicted octanol–water partition coefficient (Wildman–Crippen LogP) is 0.863. The molecule has 1 aliphatic heterocycles. The molecule has 0 saturated heterocycles. The molecule has 0 saturated carbocycles. The largest absolute Gasteiger partial charge is 0.481 e. The molecule has 1 aromatic rings. The van der Waals surface area contributed by atoms with Crippen LogP contribution in [0, 0.1) is 0 Å². The van der Waals surface area contributed by atoms with E-state index >= 15 is 0 Å². The van der Waals surface area contributed by atoms with Crippen molar-refractivity contribution in [3.8, 4) is 0 Å². The minimum atomic E-state index is -0.795. The fourth-order valence-corrected chi connectivity index (χ4v) is 1.57. The van der Waals surface area contributed by atoms with E-state index in [0.29, 0.717) is 12.2 Å². The minimum Gasteiger partial charge on any atom is -0.481 e. The van der Waals surface area contributed by atoms with Gasteiger partial charge in [0.15, 0.2) is 0 Å². The standard InChI is InChI=1S/C9H10N2O2/c10-5-1-2-6-7(9(12)13)4-11-8(6)3-5/h1-3,7,11H,4,10H2,(H,12,13). The van der Waals surface area contributed by atoms with Crippen molar-refractivity contribution in [2.24, 2.45) is 0 Å². The SMILES string of the molecule is Nc1ccc2c(c1)NCC2C(=O)O. The number of carboxylic acid groups (broad SMARTS) is 1. The molecule has 4 heteroatoms. The summed E-state index contributed by atoms with van der Waals surface area (Å²) in [5, 5.41) is 11.9. The summed E-state index contributed by atoms with van der Waals surface area (Å²) in [6.45, 7) is 0.453. The van der Waals surface area contributed by atoms with Gasteiger partial charge in [-0.2, -0.15) is 0 Å². The number of nitrogen functional groups attached to an aromatic ring is 1. The van der Waals surface area contributed by atoms with Crippen LogP contribution in [0.3, 0.4) is 0 Å². The van der Waals surface area contributed by atoms with Crippen molar-refractivity contribution in [3.05, 3.63) is 23.8 Å². The van der Waals surface area contributed by atoms with Crippen LogP contribution >= 0.6 is 0 Å². The van der Waals surface area contributed by atoms with Crippen LogP contribution in [0.5, 0.6) is 0 Å². The van der Waals surface area contributed by atoms with E-state index in [1.165, 1.54) is 0 Å². The molecule has 4 N–H and O–H groups in total. The third-order valence-corrected chi connectivity index (χ3v) is 2.25. The molecule has 68 valence electrons. The summed E-state index contributed by atoms with van der Waals surface area (Å²) in [5.41, 5.74) is 7.88. The highest BCUT2D eigenvalue weighted by atomic mass is 16.4. The number of nitrogens with one attached hydrogen (secondary N) is 1. The Morgan fingerprint density at radius 2 is 2.38 bits per heavy atom. The van der Waals surface area contributed by atoms with Gasteiger partial charge in [-0.1, -0.05) is 6.07 Å². The number of aliphatic carboxylic acids is 1. The van der Waals surface area contributed by atoms with Crippen LogP contribution in [0.1, 0.15) is 11.5 Å². The third-order valence-electron chi connectivity index (χ3n) is 2.25. The summed E-state index contributed by atoms with van der Waals surface area (Å²) in [5.74, 6) is -1.23. The van der Waals surface area contributed by atoms with Gasteiger partial charge in [-0.15, -0.1) is 0 Å². The molecule has 4 nitrogen and oxygen atoms in total. The van der Waals surface area contributed by atoms with Crippen molar-refractivity contribution in [3.63, 3.8) is 0 Å². The van der Waals surface area contributed by atoms with Crippen molar-refractivity contribution in [2.45, 2.75) is 5.92 Å². The van der Waals surface area contributed by atoms with Crippen LogP contribution in [-0.4, -0.2) is 17.6 Å². The van der Waals surface area contributed by atoms with Gasteiger partial charge in [0.05, 0.1) is 0 Å². The van der Waals surface area contributed by atoms with Gasteiger partial charge in [0.25, 0.3) is 0 Å². The Morgan fingerprint density at radius 3 is 3.08 bits per heavy atom. The van der Waals surface area contributed by atoms with Gasteiger partial charge in [0, 0.05) is 17.9 Å². The average molecular weight is 178 g/mol. The molecule has 1 atom stereocenters. The molecule has 1 heterocycles. The molecular formula is C9H10N2O2. The molecule has 0 spiro atoms. The molecule has 1 aromatic carbocycles. The maximum absolute atomic E-state index is 10.8. The molecule has 0 fully saturated rings. The molecular weight excluding hydrogens is 168 g/mol. The van der Waals surface area contributed by atoms with Gasteiger partial charge in [0.1, 0.15) is 5.92 Å². The fourth-order valence-electron chi connectivity index (χ4n) is 1.57. The Kier molecular flexibility index (Phi) is 1.62. The Hall–Kier alpha value is -1.71. The number of benzene rings is 1. The number of hydrogen-bond donors (Lipinski definition) is 3. The zero-order valence-corrected chi connectivity index (χ0v) is 6.95. The highest BCUT2D eigenvalue weighted by Crippen LogP contribution is 2.32. The topological polar surface area (TPSA) is 75.3 Å². The van der Waals surface area contributed by atoms with Crippen molar-refractivity contribution in [1.29, 1.82) is 0 Å². The van der Waals surface area contributed by atoms with E-state index in [1.54, 1.807) is 18.2 Å². The lowest BCUT2D eigenvalue weighted by molar-refractivity contribution is -0.138. The van der Waals surface area contributed by atoms with Crippen LogP contribution in [0.2, 0.25) is 0 Å². The number of carboxylic acids is 1. The molecule has 0 amide bonds. The average Bonchev–Trinajstić information content (AvgIpc) is 2.46. The minimum absolute atomic E-state index is 0.435. The normalized spacial score (nSPS) is 19.2. The number of hydrogen-bond acceptors (Lipinski definition) is 3. The molecule has 1 aliphatic rings. The third kappa shape index (κ3) is 1.20. The lowest BCUT2D eigenvalue weighted by Gasteiger charge is -2.03. The summed E-state index contributed by atoms with van der Waals surface area (Å²) in [6.07, 6.45) is 0. The summed E-state index contributed by atoms with van der Waals surface area (Å²) in [7, 11) is 0. The van der Waals surface area contributed by atoms with Gasteiger partial charge in [-0.25, -0.2) is 0 Å². The number of rotatable bonds is 1. The molecule has 0 radical (unpaired) electrons. The number of nitrogens with two attached hydrogens (primary N) is 1. The maximum Gasteiger partial charge on any atom is 0.312 e. The van der Waals surface area contributed by atoms with Crippen LogP contribution in [-0.2, 0) is 4.79 Å². The number of fused-ring (bicyclic) bond motifs is 1. The van der Waals surface area contributed by atoms with Crippen LogP contribution in [0.4, 0.5) is 11.4 Å². The monoisotopic (exact) mass is 178 g/mol. The second kappa shape index (κ2) is 2.65. The lowest BCUT2D eigenvalue weighted by atomic mass is 10.0. The zero-order valence-electron chi connectivity index (χ0n) is 6.95. The molecule has 0 aliphatic carbocycles. The van der Waals surface area contributed by atoms with E-state index in [1.807, 2.05) is 0 Å². The second-order valence-electron chi connectivity index (χ2n) is 3.12. The summed E-state index contributed by atoms with van der Waals surface area (Å²) in [4.78, 5) is 10.8. The molecule has 13 heavy (non-hydrogen) atoms. The van der Waals surface area contributed by atoms with Gasteiger partial charge >= 0.3 is 5.97 Å². The van der Waals surface area contributed by atoms with Gasteiger partial charge < -0.3 is 16.2 Å². The zero-order chi connectivity index (χ0) is 9.42. The Balaban J connectivity index is 2.44. The quantitative estimate of drug-likeness (QED) is 0.557. The molecule has 0 bridgehead atoms. The fraction of sp³-hybridized carbons (Fsp3) is 0.222. The Labute approximate surface area is 75.4 Å².